The Morgan fingerprint density at radius 1 is 1.08 bits per heavy atom. The monoisotopic (exact) mass is 362 g/mol. The second-order valence-corrected chi connectivity index (χ2v) is 6.43. The second-order valence-electron chi connectivity index (χ2n) is 6.43. The summed E-state index contributed by atoms with van der Waals surface area (Å²) in [6.45, 7) is 11.7. The van der Waals surface area contributed by atoms with Crippen molar-refractivity contribution in [2.75, 3.05) is 36.9 Å². The first kappa shape index (κ1) is 22.3. The second kappa shape index (κ2) is 13.4. The molecule has 1 aliphatic carbocycles. The highest BCUT2D eigenvalue weighted by molar-refractivity contribution is 5.84. The Labute approximate surface area is 160 Å². The van der Waals surface area contributed by atoms with Crippen molar-refractivity contribution in [3.63, 3.8) is 0 Å². The molecule has 0 saturated heterocycles. The van der Waals surface area contributed by atoms with E-state index in [0.29, 0.717) is 24.8 Å². The van der Waals surface area contributed by atoms with Crippen molar-refractivity contribution in [1.82, 2.24) is 4.98 Å². The van der Waals surface area contributed by atoms with Gasteiger partial charge in [-0.25, -0.2) is 0 Å². The van der Waals surface area contributed by atoms with Crippen LogP contribution >= 0.6 is 0 Å². The van der Waals surface area contributed by atoms with Crippen LogP contribution in [0.2, 0.25) is 0 Å². The van der Waals surface area contributed by atoms with E-state index in [2.05, 4.69) is 28.7 Å². The molecule has 1 aromatic rings. The van der Waals surface area contributed by atoms with Crippen LogP contribution in [0, 0.1) is 0 Å². The van der Waals surface area contributed by atoms with Gasteiger partial charge in [0.1, 0.15) is 12.4 Å². The molecule has 1 fully saturated rings. The number of nitrogens with zero attached hydrogens (tertiary/aromatic N) is 3. The van der Waals surface area contributed by atoms with Crippen LogP contribution < -0.4 is 15.4 Å². The Hall–Kier alpha value is -1.78. The van der Waals surface area contributed by atoms with E-state index in [1.54, 1.807) is 0 Å². The fraction of sp³-hybridized carbons (Fsp3) is 0.714. The molecule has 0 radical (unpaired) electrons. The van der Waals surface area contributed by atoms with Crippen LogP contribution in [0.1, 0.15) is 72.6 Å². The van der Waals surface area contributed by atoms with E-state index in [4.69, 9.17) is 10.5 Å². The first-order valence-electron chi connectivity index (χ1n) is 10.4. The fourth-order valence-electron chi connectivity index (χ4n) is 3.15. The summed E-state index contributed by atoms with van der Waals surface area (Å²) in [4.78, 5) is 11.3. The molecular weight excluding hydrogens is 324 g/mol. The molecule has 1 heterocycles. The van der Waals surface area contributed by atoms with Crippen LogP contribution in [0.3, 0.4) is 0 Å². The van der Waals surface area contributed by atoms with Gasteiger partial charge in [-0.1, -0.05) is 34.1 Å². The Morgan fingerprint density at radius 3 is 2.35 bits per heavy atom. The Kier molecular flexibility index (Phi) is 11.5. The lowest BCUT2D eigenvalue weighted by Crippen LogP contribution is -2.25. The highest BCUT2D eigenvalue weighted by atomic mass is 16.5. The molecule has 5 nitrogen and oxygen atoms in total. The zero-order valence-electron chi connectivity index (χ0n) is 17.3. The third kappa shape index (κ3) is 8.07. The van der Waals surface area contributed by atoms with Gasteiger partial charge in [0.15, 0.2) is 0 Å². The van der Waals surface area contributed by atoms with E-state index in [-0.39, 0.29) is 0 Å². The van der Waals surface area contributed by atoms with Crippen LogP contribution in [-0.4, -0.2) is 36.9 Å². The van der Waals surface area contributed by atoms with Crippen molar-refractivity contribution in [3.05, 3.63) is 12.1 Å². The van der Waals surface area contributed by atoms with Gasteiger partial charge in [0.05, 0.1) is 6.54 Å². The average Bonchev–Trinajstić information content (AvgIpc) is 2.67. The van der Waals surface area contributed by atoms with Gasteiger partial charge < -0.3 is 15.4 Å². The van der Waals surface area contributed by atoms with E-state index in [9.17, 15) is 0 Å². The van der Waals surface area contributed by atoms with E-state index >= 15 is 0 Å². The summed E-state index contributed by atoms with van der Waals surface area (Å²) >= 11 is 0. The predicted octanol–water partition coefficient (Wildman–Crippen LogP) is 5.10. The van der Waals surface area contributed by atoms with Gasteiger partial charge in [-0.3, -0.25) is 4.99 Å². The van der Waals surface area contributed by atoms with E-state index in [1.807, 2.05) is 26.0 Å². The number of nitrogens with two attached hydrogens (primary N) is 1. The molecule has 0 atom stereocenters. The molecule has 148 valence electrons. The smallest absolute Gasteiger partial charge is 0.217 e. The van der Waals surface area contributed by atoms with E-state index < -0.39 is 0 Å². The van der Waals surface area contributed by atoms with Crippen molar-refractivity contribution in [1.29, 1.82) is 0 Å². The predicted molar refractivity (Wildman–Crippen MR) is 114 cm³/mol. The highest BCUT2D eigenvalue weighted by Crippen LogP contribution is 2.23. The topological polar surface area (TPSA) is 63.7 Å². The number of rotatable bonds is 9. The Morgan fingerprint density at radius 2 is 1.73 bits per heavy atom. The largest absolute Gasteiger partial charge is 0.476 e. The summed E-state index contributed by atoms with van der Waals surface area (Å²) in [7, 11) is 0. The molecule has 26 heavy (non-hydrogen) atoms. The zero-order valence-corrected chi connectivity index (χ0v) is 17.3. The molecule has 2 rings (SSSR count). The standard InChI is InChI=1S/C19H32N4O.C2H6/c1-3-11-23(12-4-2)17-14-18(20)22-19(15-17)24-13-10-21-16-8-6-5-7-9-16;1-2/h14-15H,3-13H2,1-2H3,(H2,20,22);1-2H3. The number of aromatic nitrogens is 1. The highest BCUT2D eigenvalue weighted by Gasteiger charge is 2.09. The first-order chi connectivity index (χ1) is 12.7. The molecule has 1 aromatic heterocycles. The number of nitrogen functional groups attached to an aromatic ring is 1. The van der Waals surface area contributed by atoms with Gasteiger partial charge in [-0.05, 0) is 38.5 Å². The Bertz CT molecular complexity index is 517. The van der Waals surface area contributed by atoms with Gasteiger partial charge in [0.2, 0.25) is 5.88 Å². The molecule has 0 aliphatic heterocycles. The minimum absolute atomic E-state index is 0.512. The maximum atomic E-state index is 5.97. The van der Waals surface area contributed by atoms with Crippen molar-refractivity contribution >= 4 is 17.2 Å². The zero-order chi connectivity index (χ0) is 19.2. The van der Waals surface area contributed by atoms with Crippen molar-refractivity contribution in [3.8, 4) is 5.88 Å². The minimum Gasteiger partial charge on any atom is -0.476 e. The summed E-state index contributed by atoms with van der Waals surface area (Å²) < 4.78 is 5.80. The maximum Gasteiger partial charge on any atom is 0.217 e. The van der Waals surface area contributed by atoms with Gasteiger partial charge in [0, 0.05) is 36.6 Å². The molecule has 0 bridgehead atoms. The minimum atomic E-state index is 0.512. The number of hydrogen-bond donors (Lipinski definition) is 1. The van der Waals surface area contributed by atoms with Crippen molar-refractivity contribution < 1.29 is 4.74 Å². The molecular formula is C21H38N4O. The Balaban J connectivity index is 0.00000163. The normalized spacial score (nSPS) is 13.6. The molecule has 2 N–H and O–H groups in total. The number of anilines is 2. The summed E-state index contributed by atoms with van der Waals surface area (Å²) in [5.41, 5.74) is 8.41. The molecule has 1 saturated carbocycles. The SMILES string of the molecule is CC.CCCN(CCC)c1cc(N)nc(OCCN=C2CCCCC2)c1. The van der Waals surface area contributed by atoms with Crippen molar-refractivity contribution in [2.24, 2.45) is 4.99 Å². The molecule has 0 aromatic carbocycles. The quantitative estimate of drug-likeness (QED) is 0.621. The summed E-state index contributed by atoms with van der Waals surface area (Å²) in [5.74, 6) is 1.12. The first-order valence-corrected chi connectivity index (χ1v) is 10.4. The van der Waals surface area contributed by atoms with Crippen LogP contribution in [-0.2, 0) is 0 Å². The lowest BCUT2D eigenvalue weighted by molar-refractivity contribution is 0.316. The van der Waals surface area contributed by atoms with E-state index in [1.165, 1.54) is 25.0 Å². The van der Waals surface area contributed by atoms with Crippen molar-refractivity contribution in [2.45, 2.75) is 72.6 Å². The lowest BCUT2D eigenvalue weighted by atomic mass is 9.99. The molecule has 5 heteroatoms. The molecule has 0 unspecified atom stereocenters. The number of aliphatic imine (C=N–C) groups is 1. The number of ether oxygens (including phenoxy) is 1. The van der Waals surface area contributed by atoms with E-state index in [0.717, 1.165) is 44.5 Å². The van der Waals surface area contributed by atoms with Crippen LogP contribution in [0.25, 0.3) is 0 Å². The van der Waals surface area contributed by atoms with Gasteiger partial charge in [0.25, 0.3) is 0 Å². The van der Waals surface area contributed by atoms with Crippen LogP contribution in [0.5, 0.6) is 5.88 Å². The third-order valence-electron chi connectivity index (χ3n) is 4.27. The van der Waals surface area contributed by atoms with Crippen LogP contribution in [0.15, 0.2) is 17.1 Å². The summed E-state index contributed by atoms with van der Waals surface area (Å²) in [6, 6.07) is 3.93. The van der Waals surface area contributed by atoms with Gasteiger partial charge in [-0.15, -0.1) is 0 Å². The molecule has 1 aliphatic rings. The molecule has 0 spiro atoms. The summed E-state index contributed by atoms with van der Waals surface area (Å²) in [6.07, 6.45) is 8.44. The van der Waals surface area contributed by atoms with Gasteiger partial charge in [-0.2, -0.15) is 4.98 Å². The van der Waals surface area contributed by atoms with Crippen LogP contribution in [0.4, 0.5) is 11.5 Å². The summed E-state index contributed by atoms with van der Waals surface area (Å²) in [5, 5.41) is 0. The number of hydrogen-bond acceptors (Lipinski definition) is 5. The average molecular weight is 363 g/mol. The number of pyridine rings is 1. The van der Waals surface area contributed by atoms with Gasteiger partial charge >= 0.3 is 0 Å². The lowest BCUT2D eigenvalue weighted by Gasteiger charge is -2.24. The molecule has 0 amide bonds. The maximum absolute atomic E-state index is 5.97. The fourth-order valence-corrected chi connectivity index (χ4v) is 3.15. The third-order valence-corrected chi connectivity index (χ3v) is 4.27.